The first-order valence-corrected chi connectivity index (χ1v) is 10.2. The van der Waals surface area contributed by atoms with Crippen molar-refractivity contribution >= 4 is 17.5 Å². The Morgan fingerprint density at radius 3 is 2.38 bits per heavy atom. The maximum atomic E-state index is 13.0. The summed E-state index contributed by atoms with van der Waals surface area (Å²) >= 11 is 6.25. The monoisotopic (exact) mass is 413 g/mol. The molecule has 7 nitrogen and oxygen atoms in total. The van der Waals surface area contributed by atoms with E-state index >= 15 is 0 Å². The summed E-state index contributed by atoms with van der Waals surface area (Å²) in [5.41, 5.74) is 2.51. The number of hydrogen-bond donors (Lipinski definition) is 1. The van der Waals surface area contributed by atoms with Crippen LogP contribution in [0.15, 0.2) is 28.8 Å². The molecular formula is C21H24ClN5O2. The van der Waals surface area contributed by atoms with Gasteiger partial charge in [0.05, 0.1) is 22.1 Å². The third kappa shape index (κ3) is 3.67. The summed E-state index contributed by atoms with van der Waals surface area (Å²) in [6, 6.07) is 7.34. The lowest BCUT2D eigenvalue weighted by Gasteiger charge is -2.35. The number of amides is 1. The Labute approximate surface area is 174 Å². The van der Waals surface area contributed by atoms with E-state index in [1.807, 2.05) is 26.0 Å². The van der Waals surface area contributed by atoms with Crippen LogP contribution in [0.2, 0.25) is 5.02 Å². The molecule has 0 aliphatic heterocycles. The number of rotatable bonds is 4. The quantitative estimate of drug-likeness (QED) is 0.684. The molecule has 1 aromatic carbocycles. The molecule has 1 saturated carbocycles. The van der Waals surface area contributed by atoms with Gasteiger partial charge >= 0.3 is 0 Å². The molecule has 3 aromatic rings. The van der Waals surface area contributed by atoms with Gasteiger partial charge in [0.25, 0.3) is 5.91 Å². The van der Waals surface area contributed by atoms with E-state index in [0.29, 0.717) is 22.3 Å². The standard InChI is InChI=1S/C21H24ClN5O2/c1-13-18(22)14(2)27(25-13)17-9-7-16(8-10-17)19(28)24-21(11-5-4-6-12-21)20-23-15(3)29-26-20/h7-10H,4-6,11-12H2,1-3H3,(H,24,28). The van der Waals surface area contributed by atoms with Crippen LogP contribution in [0.3, 0.4) is 0 Å². The van der Waals surface area contributed by atoms with Gasteiger partial charge < -0.3 is 9.84 Å². The Bertz CT molecular complexity index is 1030. The van der Waals surface area contributed by atoms with E-state index in [-0.39, 0.29) is 5.91 Å². The van der Waals surface area contributed by atoms with Gasteiger partial charge in [-0.1, -0.05) is 36.0 Å². The van der Waals surface area contributed by atoms with Crippen LogP contribution in [0.1, 0.15) is 65.6 Å². The van der Waals surface area contributed by atoms with Gasteiger partial charge in [-0.3, -0.25) is 4.79 Å². The van der Waals surface area contributed by atoms with Crippen LogP contribution in [0.25, 0.3) is 5.69 Å². The Morgan fingerprint density at radius 2 is 1.83 bits per heavy atom. The lowest BCUT2D eigenvalue weighted by Crippen LogP contribution is -2.48. The number of nitrogens with one attached hydrogen (secondary N) is 1. The molecule has 0 atom stereocenters. The van der Waals surface area contributed by atoms with E-state index < -0.39 is 5.54 Å². The Balaban J connectivity index is 1.58. The minimum absolute atomic E-state index is 0.146. The molecule has 1 amide bonds. The summed E-state index contributed by atoms with van der Waals surface area (Å²) in [6.45, 7) is 5.55. The summed E-state index contributed by atoms with van der Waals surface area (Å²) in [7, 11) is 0. The highest BCUT2D eigenvalue weighted by Crippen LogP contribution is 2.36. The minimum atomic E-state index is -0.574. The van der Waals surface area contributed by atoms with Crippen molar-refractivity contribution < 1.29 is 9.32 Å². The number of halogens is 1. The fraction of sp³-hybridized carbons (Fsp3) is 0.429. The van der Waals surface area contributed by atoms with E-state index in [2.05, 4.69) is 20.6 Å². The first-order valence-electron chi connectivity index (χ1n) is 9.85. The van der Waals surface area contributed by atoms with Crippen LogP contribution in [-0.2, 0) is 5.54 Å². The van der Waals surface area contributed by atoms with E-state index in [1.165, 1.54) is 0 Å². The number of nitrogens with zero attached hydrogens (tertiary/aromatic N) is 4. The summed E-state index contributed by atoms with van der Waals surface area (Å²) in [5.74, 6) is 0.927. The van der Waals surface area contributed by atoms with E-state index in [0.717, 1.165) is 49.2 Å². The first-order chi connectivity index (χ1) is 13.9. The van der Waals surface area contributed by atoms with Crippen molar-refractivity contribution in [3.63, 3.8) is 0 Å². The molecular weight excluding hydrogens is 390 g/mol. The zero-order valence-corrected chi connectivity index (χ0v) is 17.6. The highest BCUT2D eigenvalue weighted by molar-refractivity contribution is 6.31. The lowest BCUT2D eigenvalue weighted by molar-refractivity contribution is 0.0855. The largest absolute Gasteiger partial charge is 0.340 e. The average Bonchev–Trinajstić information content (AvgIpc) is 3.28. The number of carbonyl (C=O) groups excluding carboxylic acids is 1. The normalized spacial score (nSPS) is 16.0. The zero-order valence-electron chi connectivity index (χ0n) is 16.8. The summed E-state index contributed by atoms with van der Waals surface area (Å²) in [5, 5.41) is 12.4. The van der Waals surface area contributed by atoms with Crippen molar-refractivity contribution in [2.24, 2.45) is 0 Å². The molecule has 0 unspecified atom stereocenters. The number of benzene rings is 1. The van der Waals surface area contributed by atoms with Crippen LogP contribution >= 0.6 is 11.6 Å². The predicted molar refractivity (Wildman–Crippen MR) is 109 cm³/mol. The molecule has 0 radical (unpaired) electrons. The summed E-state index contributed by atoms with van der Waals surface area (Å²) in [6.07, 6.45) is 4.80. The molecule has 2 aromatic heterocycles. The van der Waals surface area contributed by atoms with Crippen molar-refractivity contribution in [1.82, 2.24) is 25.2 Å². The minimum Gasteiger partial charge on any atom is -0.340 e. The number of carbonyl (C=O) groups is 1. The van der Waals surface area contributed by atoms with Gasteiger partial charge in [0.1, 0.15) is 5.54 Å². The first kappa shape index (κ1) is 19.6. The van der Waals surface area contributed by atoms with E-state index in [9.17, 15) is 4.79 Å². The van der Waals surface area contributed by atoms with Gasteiger partial charge in [0.2, 0.25) is 5.89 Å². The molecule has 0 spiro atoms. The third-order valence-electron chi connectivity index (χ3n) is 5.59. The number of aromatic nitrogens is 4. The molecule has 4 rings (SSSR count). The van der Waals surface area contributed by atoms with Gasteiger partial charge in [-0.05, 0) is 51.0 Å². The molecule has 2 heterocycles. The fourth-order valence-electron chi connectivity index (χ4n) is 3.97. The lowest BCUT2D eigenvalue weighted by atomic mass is 9.80. The van der Waals surface area contributed by atoms with Crippen molar-refractivity contribution in [1.29, 1.82) is 0 Å². The Kier molecular flexibility index (Phi) is 5.17. The molecule has 8 heteroatoms. The van der Waals surface area contributed by atoms with Crippen molar-refractivity contribution in [2.45, 2.75) is 58.4 Å². The smallest absolute Gasteiger partial charge is 0.252 e. The van der Waals surface area contributed by atoms with Gasteiger partial charge in [0.15, 0.2) is 5.82 Å². The highest BCUT2D eigenvalue weighted by Gasteiger charge is 2.39. The topological polar surface area (TPSA) is 85.8 Å². The molecule has 0 bridgehead atoms. The zero-order chi connectivity index (χ0) is 20.6. The number of aryl methyl sites for hydroxylation is 2. The maximum absolute atomic E-state index is 13.0. The van der Waals surface area contributed by atoms with Gasteiger partial charge in [-0.25, -0.2) is 4.68 Å². The third-order valence-corrected chi connectivity index (χ3v) is 6.14. The Morgan fingerprint density at radius 1 is 1.14 bits per heavy atom. The number of hydrogen-bond acceptors (Lipinski definition) is 5. The second kappa shape index (κ2) is 7.63. The molecule has 1 fully saturated rings. The van der Waals surface area contributed by atoms with Gasteiger partial charge in [-0.2, -0.15) is 10.1 Å². The molecule has 1 aliphatic carbocycles. The van der Waals surface area contributed by atoms with E-state index in [1.54, 1.807) is 23.7 Å². The van der Waals surface area contributed by atoms with Crippen molar-refractivity contribution in [3.05, 3.63) is 58.0 Å². The van der Waals surface area contributed by atoms with E-state index in [4.69, 9.17) is 16.1 Å². The fourth-order valence-corrected chi connectivity index (χ4v) is 4.09. The molecule has 1 N–H and O–H groups in total. The maximum Gasteiger partial charge on any atom is 0.252 e. The van der Waals surface area contributed by atoms with Gasteiger partial charge in [0, 0.05) is 12.5 Å². The SMILES string of the molecule is Cc1nc(C2(NC(=O)c3ccc(-n4nc(C)c(Cl)c4C)cc3)CCCCC2)no1. The summed E-state index contributed by atoms with van der Waals surface area (Å²) < 4.78 is 6.97. The second-order valence-corrected chi connectivity index (χ2v) is 8.06. The van der Waals surface area contributed by atoms with Crippen LogP contribution in [0.5, 0.6) is 0 Å². The molecule has 0 saturated heterocycles. The Hall–Kier alpha value is -2.67. The van der Waals surface area contributed by atoms with Crippen LogP contribution < -0.4 is 5.32 Å². The van der Waals surface area contributed by atoms with Crippen LogP contribution in [-0.4, -0.2) is 25.8 Å². The van der Waals surface area contributed by atoms with Gasteiger partial charge in [-0.15, -0.1) is 0 Å². The predicted octanol–water partition coefficient (Wildman–Crippen LogP) is 4.42. The summed E-state index contributed by atoms with van der Waals surface area (Å²) in [4.78, 5) is 17.4. The van der Waals surface area contributed by atoms with Crippen molar-refractivity contribution in [2.75, 3.05) is 0 Å². The van der Waals surface area contributed by atoms with Crippen molar-refractivity contribution in [3.8, 4) is 5.69 Å². The molecule has 1 aliphatic rings. The van der Waals surface area contributed by atoms with Crippen LogP contribution in [0.4, 0.5) is 0 Å². The highest BCUT2D eigenvalue weighted by atomic mass is 35.5. The molecule has 152 valence electrons. The molecule has 29 heavy (non-hydrogen) atoms. The second-order valence-electron chi connectivity index (χ2n) is 7.68. The van der Waals surface area contributed by atoms with Crippen LogP contribution in [0, 0.1) is 20.8 Å². The average molecular weight is 414 g/mol.